The third-order valence-electron chi connectivity index (χ3n) is 4.92. The molecule has 3 aromatic rings. The maximum Gasteiger partial charge on any atom is 0.0668 e. The summed E-state index contributed by atoms with van der Waals surface area (Å²) in [5.74, 6) is 0.955. The molecule has 0 amide bonds. The Kier molecular flexibility index (Phi) is 5.93. The second kappa shape index (κ2) is 8.94. The molecule has 3 heteroatoms. The third kappa shape index (κ3) is 4.37. The number of hydrogen-bond donors (Lipinski definition) is 0. The van der Waals surface area contributed by atoms with Crippen LogP contribution in [0, 0.1) is 0 Å². The van der Waals surface area contributed by atoms with Crippen molar-refractivity contribution in [2.45, 2.75) is 10.6 Å². The van der Waals surface area contributed by atoms with Crippen LogP contribution in [0.5, 0.6) is 0 Å². The van der Waals surface area contributed by atoms with E-state index in [1.807, 2.05) is 11.8 Å². The van der Waals surface area contributed by atoms with Crippen LogP contribution in [0.4, 0.5) is 5.69 Å². The second-order valence-corrected chi connectivity index (χ2v) is 7.89. The topological polar surface area (TPSA) is 15.6 Å². The van der Waals surface area contributed by atoms with Crippen molar-refractivity contribution in [3.05, 3.63) is 102 Å². The molecule has 2 nitrogen and oxygen atoms in total. The van der Waals surface area contributed by atoms with E-state index in [2.05, 4.69) is 103 Å². The highest BCUT2D eigenvalue weighted by atomic mass is 32.2. The molecule has 4 rings (SSSR count). The fourth-order valence-electron chi connectivity index (χ4n) is 3.37. The van der Waals surface area contributed by atoms with Gasteiger partial charge < -0.3 is 4.90 Å². The standard InChI is InChI=1S/C25H24N2S/c1-27-18-17-26-24(23-13-7-8-14-25(23)27)16-15-20-9-5-6-10-21(20)19-28-22-11-3-2-4-12-22/h2-16H,17-19H2,1H3. The van der Waals surface area contributed by atoms with E-state index in [9.17, 15) is 0 Å². The molecule has 1 aliphatic rings. The minimum absolute atomic E-state index is 0.816. The van der Waals surface area contributed by atoms with Crippen molar-refractivity contribution in [3.8, 4) is 0 Å². The highest BCUT2D eigenvalue weighted by Gasteiger charge is 2.13. The molecular formula is C25H24N2S. The maximum atomic E-state index is 4.84. The first-order valence-corrected chi connectivity index (χ1v) is 10.6. The first kappa shape index (κ1) is 18.6. The fraction of sp³-hybridized carbons (Fsp3) is 0.160. The van der Waals surface area contributed by atoms with Gasteiger partial charge in [0.1, 0.15) is 0 Å². The van der Waals surface area contributed by atoms with Crippen LogP contribution >= 0.6 is 11.8 Å². The molecule has 1 aliphatic heterocycles. The van der Waals surface area contributed by atoms with Crippen LogP contribution in [0.15, 0.2) is 94.8 Å². The lowest BCUT2D eigenvalue weighted by Crippen LogP contribution is -2.20. The number of rotatable bonds is 5. The lowest BCUT2D eigenvalue weighted by molar-refractivity contribution is 0.897. The molecule has 0 unspecified atom stereocenters. The Balaban J connectivity index is 1.57. The van der Waals surface area contributed by atoms with Crippen molar-refractivity contribution in [1.82, 2.24) is 0 Å². The van der Waals surface area contributed by atoms with Crippen LogP contribution in [-0.4, -0.2) is 25.8 Å². The lowest BCUT2D eigenvalue weighted by atomic mass is 10.0. The molecule has 28 heavy (non-hydrogen) atoms. The van der Waals surface area contributed by atoms with Gasteiger partial charge in [-0.3, -0.25) is 4.99 Å². The van der Waals surface area contributed by atoms with Gasteiger partial charge in [-0.2, -0.15) is 0 Å². The van der Waals surface area contributed by atoms with E-state index in [1.54, 1.807) is 0 Å². The van der Waals surface area contributed by atoms with Gasteiger partial charge in [-0.15, -0.1) is 11.8 Å². The summed E-state index contributed by atoms with van der Waals surface area (Å²) >= 11 is 1.87. The van der Waals surface area contributed by atoms with Crippen LogP contribution in [0.3, 0.4) is 0 Å². The zero-order valence-corrected chi connectivity index (χ0v) is 16.9. The molecule has 140 valence electrons. The van der Waals surface area contributed by atoms with E-state index in [-0.39, 0.29) is 0 Å². The minimum atomic E-state index is 0.816. The summed E-state index contributed by atoms with van der Waals surface area (Å²) in [5.41, 5.74) is 6.10. The van der Waals surface area contributed by atoms with Crippen molar-refractivity contribution in [3.63, 3.8) is 0 Å². The zero-order chi connectivity index (χ0) is 19.2. The number of fused-ring (bicyclic) bond motifs is 1. The van der Waals surface area contributed by atoms with Crippen molar-refractivity contribution in [2.24, 2.45) is 4.99 Å². The number of benzodiazepines with no additional fused rings is 1. The number of likely N-dealkylation sites (N-methyl/N-ethyl adjacent to an activating group) is 1. The van der Waals surface area contributed by atoms with E-state index in [1.165, 1.54) is 27.3 Å². The van der Waals surface area contributed by atoms with Crippen molar-refractivity contribution in [2.75, 3.05) is 25.0 Å². The number of benzene rings is 3. The van der Waals surface area contributed by atoms with Gasteiger partial charge in [0.15, 0.2) is 0 Å². The lowest BCUT2D eigenvalue weighted by Gasteiger charge is -2.18. The molecule has 0 saturated carbocycles. The number of aliphatic imine (C=N–C) groups is 1. The van der Waals surface area contributed by atoms with Gasteiger partial charge in [0.2, 0.25) is 0 Å². The minimum Gasteiger partial charge on any atom is -0.372 e. The van der Waals surface area contributed by atoms with Gasteiger partial charge in [-0.1, -0.05) is 66.7 Å². The number of thioether (sulfide) groups is 1. The van der Waals surface area contributed by atoms with Gasteiger partial charge in [0.05, 0.1) is 12.3 Å². The van der Waals surface area contributed by atoms with Gasteiger partial charge >= 0.3 is 0 Å². The van der Waals surface area contributed by atoms with Gasteiger partial charge in [-0.25, -0.2) is 0 Å². The first-order valence-electron chi connectivity index (χ1n) is 9.60. The number of anilines is 1. The average Bonchev–Trinajstić information content (AvgIpc) is 2.91. The Morgan fingerprint density at radius 2 is 1.64 bits per heavy atom. The molecule has 0 N–H and O–H groups in total. The highest BCUT2D eigenvalue weighted by Crippen LogP contribution is 2.26. The summed E-state index contributed by atoms with van der Waals surface area (Å²) in [7, 11) is 2.14. The monoisotopic (exact) mass is 384 g/mol. The Labute approximate surface area is 171 Å². The Morgan fingerprint density at radius 3 is 2.54 bits per heavy atom. The highest BCUT2D eigenvalue weighted by molar-refractivity contribution is 7.98. The van der Waals surface area contributed by atoms with Crippen LogP contribution in [0.25, 0.3) is 6.08 Å². The van der Waals surface area contributed by atoms with Gasteiger partial charge in [0.25, 0.3) is 0 Å². The smallest absolute Gasteiger partial charge is 0.0668 e. The second-order valence-electron chi connectivity index (χ2n) is 6.84. The molecule has 0 saturated heterocycles. The SMILES string of the molecule is CN1CCN=C(C=Cc2ccccc2CSc2ccccc2)c2ccccc21. The molecule has 0 atom stereocenters. The Bertz CT molecular complexity index is 992. The van der Waals surface area contributed by atoms with Gasteiger partial charge in [-0.05, 0) is 35.4 Å². The number of nitrogens with zero attached hydrogens (tertiary/aromatic N) is 2. The van der Waals surface area contributed by atoms with E-state index in [4.69, 9.17) is 4.99 Å². The van der Waals surface area contributed by atoms with Crippen LogP contribution in [0.2, 0.25) is 0 Å². The first-order chi connectivity index (χ1) is 13.8. The average molecular weight is 385 g/mol. The summed E-state index contributed by atoms with van der Waals surface area (Å²) in [6.45, 7) is 1.76. The van der Waals surface area contributed by atoms with Crippen molar-refractivity contribution >= 4 is 29.2 Å². The largest absolute Gasteiger partial charge is 0.372 e. The summed E-state index contributed by atoms with van der Waals surface area (Å²) in [4.78, 5) is 8.42. The van der Waals surface area contributed by atoms with Crippen molar-refractivity contribution < 1.29 is 0 Å². The summed E-state index contributed by atoms with van der Waals surface area (Å²) in [5, 5.41) is 0. The van der Waals surface area contributed by atoms with E-state index < -0.39 is 0 Å². The molecule has 0 spiro atoms. The zero-order valence-electron chi connectivity index (χ0n) is 16.1. The number of para-hydroxylation sites is 1. The summed E-state index contributed by atoms with van der Waals surface area (Å²) in [6, 6.07) is 27.7. The molecule has 0 bridgehead atoms. The molecule has 0 fully saturated rings. The fourth-order valence-corrected chi connectivity index (χ4v) is 4.30. The maximum absolute atomic E-state index is 4.84. The van der Waals surface area contributed by atoms with E-state index >= 15 is 0 Å². The van der Waals surface area contributed by atoms with Crippen LogP contribution in [0.1, 0.15) is 16.7 Å². The van der Waals surface area contributed by atoms with Crippen LogP contribution in [-0.2, 0) is 5.75 Å². The molecule has 0 radical (unpaired) electrons. The van der Waals surface area contributed by atoms with E-state index in [0.29, 0.717) is 0 Å². The predicted octanol–water partition coefficient (Wildman–Crippen LogP) is 5.93. The Morgan fingerprint density at radius 1 is 0.893 bits per heavy atom. The molecule has 3 aromatic carbocycles. The molecular weight excluding hydrogens is 360 g/mol. The molecule has 1 heterocycles. The normalized spacial score (nSPS) is 13.9. The Hall–Kier alpha value is -2.78. The van der Waals surface area contributed by atoms with Crippen LogP contribution < -0.4 is 4.90 Å². The molecule has 0 aliphatic carbocycles. The number of hydrogen-bond acceptors (Lipinski definition) is 3. The summed E-state index contributed by atoms with van der Waals surface area (Å²) < 4.78 is 0. The third-order valence-corrected chi connectivity index (χ3v) is 5.98. The quantitative estimate of drug-likeness (QED) is 0.507. The van der Waals surface area contributed by atoms with Crippen molar-refractivity contribution in [1.29, 1.82) is 0 Å². The molecule has 0 aromatic heterocycles. The summed E-state index contributed by atoms with van der Waals surface area (Å²) in [6.07, 6.45) is 4.38. The van der Waals surface area contributed by atoms with Gasteiger partial charge in [0, 0.05) is 35.5 Å². The van der Waals surface area contributed by atoms with E-state index in [0.717, 1.165) is 24.6 Å². The number of allylic oxidation sites excluding steroid dienone is 1. The predicted molar refractivity (Wildman–Crippen MR) is 123 cm³/mol.